The van der Waals surface area contributed by atoms with Crippen molar-refractivity contribution < 1.29 is 9.13 Å². The summed E-state index contributed by atoms with van der Waals surface area (Å²) in [5.41, 5.74) is 0. The van der Waals surface area contributed by atoms with Crippen LogP contribution in [-0.2, 0) is 4.74 Å². The molecule has 0 aliphatic rings. The molecule has 0 fully saturated rings. The van der Waals surface area contributed by atoms with Gasteiger partial charge in [-0.15, -0.1) is 0 Å². The van der Waals surface area contributed by atoms with Gasteiger partial charge in [0.2, 0.25) is 0 Å². The van der Waals surface area contributed by atoms with Gasteiger partial charge < -0.3 is 10.1 Å². The molecule has 1 aromatic rings. The summed E-state index contributed by atoms with van der Waals surface area (Å²) in [7, 11) is 1.66. The molecule has 0 spiro atoms. The number of hydrogen-bond acceptors (Lipinski definition) is 3. The maximum absolute atomic E-state index is 13.2. The molecule has 0 amide bonds. The van der Waals surface area contributed by atoms with E-state index in [-0.39, 0.29) is 5.82 Å². The van der Waals surface area contributed by atoms with Crippen molar-refractivity contribution in [3.05, 3.63) is 23.1 Å². The number of nitrogens with zero attached hydrogens (tertiary/aromatic N) is 1. The van der Waals surface area contributed by atoms with Gasteiger partial charge in [0.1, 0.15) is 0 Å². The highest BCUT2D eigenvalue weighted by Crippen LogP contribution is 2.15. The average Bonchev–Trinajstić information content (AvgIpc) is 2.20. The number of rotatable bonds is 6. The summed E-state index contributed by atoms with van der Waals surface area (Å²) in [6.45, 7) is 1.40. The number of methoxy groups -OCH3 is 1. The van der Waals surface area contributed by atoms with Crippen LogP contribution in [0.1, 0.15) is 12.8 Å². The molecule has 0 radical (unpaired) electrons. The van der Waals surface area contributed by atoms with E-state index in [1.807, 2.05) is 0 Å². The lowest BCUT2D eigenvalue weighted by Crippen LogP contribution is -2.06. The van der Waals surface area contributed by atoms with E-state index in [4.69, 9.17) is 16.3 Å². The van der Waals surface area contributed by atoms with Gasteiger partial charge in [0.25, 0.3) is 0 Å². The second-order valence-electron chi connectivity index (χ2n) is 3.11. The van der Waals surface area contributed by atoms with Crippen LogP contribution >= 0.6 is 11.6 Å². The molecule has 0 atom stereocenters. The van der Waals surface area contributed by atoms with Crippen LogP contribution in [-0.4, -0.2) is 25.2 Å². The van der Waals surface area contributed by atoms with Crippen LogP contribution in [0, 0.1) is 5.82 Å². The highest BCUT2D eigenvalue weighted by molar-refractivity contribution is 6.30. The van der Waals surface area contributed by atoms with Crippen molar-refractivity contribution in [3.63, 3.8) is 0 Å². The second kappa shape index (κ2) is 6.58. The van der Waals surface area contributed by atoms with E-state index in [2.05, 4.69) is 10.3 Å². The highest BCUT2D eigenvalue weighted by atomic mass is 35.5. The predicted molar refractivity (Wildman–Crippen MR) is 58.8 cm³/mol. The molecule has 0 saturated heterocycles. The van der Waals surface area contributed by atoms with Gasteiger partial charge in [-0.3, -0.25) is 0 Å². The van der Waals surface area contributed by atoms with Gasteiger partial charge in [-0.25, -0.2) is 9.37 Å². The summed E-state index contributed by atoms with van der Waals surface area (Å²) in [4.78, 5) is 3.85. The first-order chi connectivity index (χ1) is 7.24. The molecule has 15 heavy (non-hydrogen) atoms. The lowest BCUT2D eigenvalue weighted by molar-refractivity contribution is 0.193. The normalized spacial score (nSPS) is 10.3. The number of ether oxygens (including phenoxy) is 1. The Morgan fingerprint density at radius 3 is 3.00 bits per heavy atom. The van der Waals surface area contributed by atoms with Crippen molar-refractivity contribution in [2.75, 3.05) is 25.6 Å². The van der Waals surface area contributed by atoms with Crippen molar-refractivity contribution in [3.8, 4) is 0 Å². The quantitative estimate of drug-likeness (QED) is 0.766. The second-order valence-corrected chi connectivity index (χ2v) is 3.55. The fourth-order valence-corrected chi connectivity index (χ4v) is 1.27. The number of halogens is 2. The zero-order valence-corrected chi connectivity index (χ0v) is 9.35. The summed E-state index contributed by atoms with van der Waals surface area (Å²) in [5.74, 6) is -0.175. The SMILES string of the molecule is COCCCCNc1ncc(Cl)cc1F. The smallest absolute Gasteiger partial charge is 0.166 e. The molecule has 1 heterocycles. The summed E-state index contributed by atoms with van der Waals surface area (Å²) in [5, 5.41) is 3.20. The van der Waals surface area contributed by atoms with Crippen molar-refractivity contribution in [1.82, 2.24) is 4.98 Å². The molecule has 0 aliphatic carbocycles. The van der Waals surface area contributed by atoms with E-state index in [9.17, 15) is 4.39 Å². The number of pyridine rings is 1. The summed E-state index contributed by atoms with van der Waals surface area (Å²) >= 11 is 5.57. The van der Waals surface area contributed by atoms with E-state index >= 15 is 0 Å². The van der Waals surface area contributed by atoms with Gasteiger partial charge in [-0.1, -0.05) is 11.6 Å². The monoisotopic (exact) mass is 232 g/mol. The van der Waals surface area contributed by atoms with Crippen molar-refractivity contribution in [1.29, 1.82) is 0 Å². The minimum Gasteiger partial charge on any atom is -0.385 e. The minimum atomic E-state index is -0.422. The van der Waals surface area contributed by atoms with Gasteiger partial charge in [-0.05, 0) is 18.9 Å². The first-order valence-electron chi connectivity index (χ1n) is 4.78. The standard InChI is InChI=1S/C10H14ClFN2O/c1-15-5-3-2-4-13-10-9(12)6-8(11)7-14-10/h6-7H,2-5H2,1H3,(H,13,14). The maximum atomic E-state index is 13.2. The Hall–Kier alpha value is -0.870. The molecular weight excluding hydrogens is 219 g/mol. The number of aromatic nitrogens is 1. The Labute approximate surface area is 93.6 Å². The molecule has 0 saturated carbocycles. The van der Waals surface area contributed by atoms with Gasteiger partial charge in [0.15, 0.2) is 11.6 Å². The van der Waals surface area contributed by atoms with Crippen LogP contribution in [0.2, 0.25) is 5.02 Å². The van der Waals surface area contributed by atoms with E-state index in [0.29, 0.717) is 11.6 Å². The van der Waals surface area contributed by atoms with Crippen molar-refractivity contribution >= 4 is 17.4 Å². The summed E-state index contributed by atoms with van der Waals surface area (Å²) < 4.78 is 18.1. The molecule has 5 heteroatoms. The Bertz CT molecular complexity index is 309. The molecule has 1 rings (SSSR count). The molecule has 0 aromatic carbocycles. The number of anilines is 1. The van der Waals surface area contributed by atoms with Crippen LogP contribution in [0.4, 0.5) is 10.2 Å². The Morgan fingerprint density at radius 1 is 1.53 bits per heavy atom. The minimum absolute atomic E-state index is 0.247. The fourth-order valence-electron chi connectivity index (χ4n) is 1.12. The van der Waals surface area contributed by atoms with E-state index in [1.54, 1.807) is 7.11 Å². The van der Waals surface area contributed by atoms with E-state index in [1.165, 1.54) is 12.3 Å². The molecule has 0 aliphatic heterocycles. The van der Waals surface area contributed by atoms with Crippen LogP contribution in [0.5, 0.6) is 0 Å². The van der Waals surface area contributed by atoms with E-state index < -0.39 is 5.82 Å². The third-order valence-corrected chi connectivity index (χ3v) is 2.08. The topological polar surface area (TPSA) is 34.1 Å². The molecular formula is C10H14ClFN2O. The van der Waals surface area contributed by atoms with Gasteiger partial charge in [-0.2, -0.15) is 0 Å². The Morgan fingerprint density at radius 2 is 2.33 bits per heavy atom. The largest absolute Gasteiger partial charge is 0.385 e. The molecule has 1 aromatic heterocycles. The average molecular weight is 233 g/mol. The van der Waals surface area contributed by atoms with Crippen LogP contribution < -0.4 is 5.32 Å². The number of nitrogens with one attached hydrogen (secondary N) is 1. The molecule has 1 N–H and O–H groups in total. The predicted octanol–water partition coefficient (Wildman–Crippen LogP) is 2.71. The van der Waals surface area contributed by atoms with Crippen LogP contribution in [0.15, 0.2) is 12.3 Å². The molecule has 0 unspecified atom stereocenters. The Kier molecular flexibility index (Phi) is 5.36. The first-order valence-corrected chi connectivity index (χ1v) is 5.15. The zero-order valence-electron chi connectivity index (χ0n) is 8.59. The third-order valence-electron chi connectivity index (χ3n) is 1.88. The number of unbranched alkanes of at least 4 members (excludes halogenated alkanes) is 1. The third kappa shape index (κ3) is 4.44. The van der Waals surface area contributed by atoms with Gasteiger partial charge >= 0.3 is 0 Å². The van der Waals surface area contributed by atoms with Crippen molar-refractivity contribution in [2.45, 2.75) is 12.8 Å². The molecule has 84 valence electrons. The summed E-state index contributed by atoms with van der Waals surface area (Å²) in [6, 6.07) is 1.24. The highest BCUT2D eigenvalue weighted by Gasteiger charge is 2.02. The van der Waals surface area contributed by atoms with Crippen molar-refractivity contribution in [2.24, 2.45) is 0 Å². The van der Waals surface area contributed by atoms with Crippen LogP contribution in [0.25, 0.3) is 0 Å². The Balaban J connectivity index is 2.31. The zero-order chi connectivity index (χ0) is 11.1. The van der Waals surface area contributed by atoms with Crippen LogP contribution in [0.3, 0.4) is 0 Å². The van der Waals surface area contributed by atoms with Gasteiger partial charge in [0, 0.05) is 26.5 Å². The lowest BCUT2D eigenvalue weighted by Gasteiger charge is -2.06. The van der Waals surface area contributed by atoms with Gasteiger partial charge in [0.05, 0.1) is 5.02 Å². The van der Waals surface area contributed by atoms with E-state index in [0.717, 1.165) is 19.4 Å². The lowest BCUT2D eigenvalue weighted by atomic mass is 10.3. The summed E-state index contributed by atoms with van der Waals surface area (Å²) in [6.07, 6.45) is 3.28. The number of hydrogen-bond donors (Lipinski definition) is 1. The molecule has 0 bridgehead atoms. The maximum Gasteiger partial charge on any atom is 0.166 e. The molecule has 3 nitrogen and oxygen atoms in total. The first kappa shape index (κ1) is 12.2. The fraction of sp³-hybridized carbons (Fsp3) is 0.500.